The Balaban J connectivity index is 1.76. The predicted octanol–water partition coefficient (Wildman–Crippen LogP) is 2.50. The molecule has 2 rings (SSSR count). The van der Waals surface area contributed by atoms with Gasteiger partial charge in [-0.15, -0.1) is 0 Å². The maximum absolute atomic E-state index is 12.7. The van der Waals surface area contributed by atoms with Gasteiger partial charge in [-0.05, 0) is 37.1 Å². The largest absolute Gasteiger partial charge is 0.393 e. The van der Waals surface area contributed by atoms with Crippen LogP contribution >= 0.6 is 0 Å². The molecular weight excluding hydrogens is 247 g/mol. The quantitative estimate of drug-likeness (QED) is 0.787. The van der Waals surface area contributed by atoms with Crippen LogP contribution in [-0.4, -0.2) is 23.8 Å². The third-order valence-corrected chi connectivity index (χ3v) is 3.50. The van der Waals surface area contributed by atoms with Gasteiger partial charge in [-0.2, -0.15) is 0 Å². The number of anilines is 1. The van der Waals surface area contributed by atoms with Crippen LogP contribution < -0.4 is 10.6 Å². The number of carbonyl (C=O) groups excluding carboxylic acids is 1. The van der Waals surface area contributed by atoms with Gasteiger partial charge in [0.05, 0.1) is 6.10 Å². The molecule has 0 spiro atoms. The van der Waals surface area contributed by atoms with Crippen molar-refractivity contribution in [1.29, 1.82) is 0 Å². The third kappa shape index (κ3) is 4.21. The van der Waals surface area contributed by atoms with Crippen LogP contribution in [0.2, 0.25) is 0 Å². The highest BCUT2D eigenvalue weighted by Crippen LogP contribution is 2.23. The molecule has 1 aliphatic rings. The van der Waals surface area contributed by atoms with Gasteiger partial charge in [0, 0.05) is 18.2 Å². The van der Waals surface area contributed by atoms with Gasteiger partial charge in [-0.1, -0.05) is 12.8 Å². The topological polar surface area (TPSA) is 61.4 Å². The Bertz CT molecular complexity index is 422. The van der Waals surface area contributed by atoms with E-state index in [0.717, 1.165) is 25.7 Å². The maximum Gasteiger partial charge on any atom is 0.319 e. The monoisotopic (exact) mass is 266 g/mol. The number of hydrogen-bond acceptors (Lipinski definition) is 2. The Morgan fingerprint density at radius 1 is 1.26 bits per heavy atom. The Kier molecular flexibility index (Phi) is 4.74. The van der Waals surface area contributed by atoms with E-state index in [2.05, 4.69) is 10.6 Å². The van der Waals surface area contributed by atoms with Crippen LogP contribution in [0.3, 0.4) is 0 Å². The summed E-state index contributed by atoms with van der Waals surface area (Å²) in [5.41, 5.74) is 0.545. The van der Waals surface area contributed by atoms with Crippen LogP contribution in [0.5, 0.6) is 0 Å². The summed E-state index contributed by atoms with van der Waals surface area (Å²) in [7, 11) is 0. The van der Waals surface area contributed by atoms with E-state index < -0.39 is 0 Å². The van der Waals surface area contributed by atoms with Gasteiger partial charge in [-0.3, -0.25) is 0 Å². The minimum Gasteiger partial charge on any atom is -0.393 e. The molecule has 0 radical (unpaired) electrons. The van der Waals surface area contributed by atoms with E-state index in [4.69, 9.17) is 0 Å². The van der Waals surface area contributed by atoms with Gasteiger partial charge in [0.25, 0.3) is 0 Å². The second kappa shape index (κ2) is 6.52. The van der Waals surface area contributed by atoms with E-state index >= 15 is 0 Å². The summed E-state index contributed by atoms with van der Waals surface area (Å²) in [6, 6.07) is 5.26. The van der Waals surface area contributed by atoms with E-state index in [0.29, 0.717) is 12.2 Å². The normalized spacial score (nSPS) is 22.8. The SMILES string of the molecule is O=C(NCC1CCCCC1O)Nc1ccc(F)cc1. The first-order chi connectivity index (χ1) is 9.15. The van der Waals surface area contributed by atoms with Gasteiger partial charge < -0.3 is 15.7 Å². The molecule has 0 saturated heterocycles. The zero-order chi connectivity index (χ0) is 13.7. The first kappa shape index (κ1) is 13.8. The van der Waals surface area contributed by atoms with E-state index in [1.165, 1.54) is 24.3 Å². The molecule has 0 bridgehead atoms. The molecule has 0 aliphatic heterocycles. The van der Waals surface area contributed by atoms with Crippen LogP contribution in [0.15, 0.2) is 24.3 Å². The third-order valence-electron chi connectivity index (χ3n) is 3.50. The van der Waals surface area contributed by atoms with Crippen molar-refractivity contribution in [3.63, 3.8) is 0 Å². The van der Waals surface area contributed by atoms with Crippen molar-refractivity contribution in [2.75, 3.05) is 11.9 Å². The number of aliphatic hydroxyl groups is 1. The van der Waals surface area contributed by atoms with Crippen molar-refractivity contribution in [1.82, 2.24) is 5.32 Å². The van der Waals surface area contributed by atoms with E-state index in [9.17, 15) is 14.3 Å². The van der Waals surface area contributed by atoms with Crippen LogP contribution in [0.1, 0.15) is 25.7 Å². The summed E-state index contributed by atoms with van der Waals surface area (Å²) in [5, 5.41) is 15.2. The number of urea groups is 1. The lowest BCUT2D eigenvalue weighted by Crippen LogP contribution is -2.38. The van der Waals surface area contributed by atoms with Crippen LogP contribution in [0.25, 0.3) is 0 Å². The molecule has 0 heterocycles. The second-order valence-electron chi connectivity index (χ2n) is 4.95. The average Bonchev–Trinajstić information content (AvgIpc) is 2.40. The number of nitrogens with one attached hydrogen (secondary N) is 2. The molecular formula is C14H19FN2O2. The molecule has 1 saturated carbocycles. The molecule has 2 atom stereocenters. The van der Waals surface area contributed by atoms with Crippen LogP contribution in [-0.2, 0) is 0 Å². The number of rotatable bonds is 3. The van der Waals surface area contributed by atoms with Gasteiger partial charge in [0.2, 0.25) is 0 Å². The van der Waals surface area contributed by atoms with Gasteiger partial charge in [-0.25, -0.2) is 9.18 Å². The average molecular weight is 266 g/mol. The van der Waals surface area contributed by atoms with Gasteiger partial charge in [0.1, 0.15) is 5.82 Å². The molecule has 1 aromatic rings. The standard InChI is InChI=1S/C14H19FN2O2/c15-11-5-7-12(8-6-11)17-14(19)16-9-10-3-1-2-4-13(10)18/h5-8,10,13,18H,1-4,9H2,(H2,16,17,19). The number of benzene rings is 1. The van der Waals surface area contributed by atoms with Crippen molar-refractivity contribution in [3.8, 4) is 0 Å². The number of hydrogen-bond donors (Lipinski definition) is 3. The molecule has 4 nitrogen and oxygen atoms in total. The van der Waals surface area contributed by atoms with E-state index in [1.54, 1.807) is 0 Å². The Hall–Kier alpha value is -1.62. The highest BCUT2D eigenvalue weighted by molar-refractivity contribution is 5.89. The highest BCUT2D eigenvalue weighted by atomic mass is 19.1. The highest BCUT2D eigenvalue weighted by Gasteiger charge is 2.23. The van der Waals surface area contributed by atoms with Crippen molar-refractivity contribution in [2.45, 2.75) is 31.8 Å². The molecule has 1 fully saturated rings. The van der Waals surface area contributed by atoms with E-state index in [1.807, 2.05) is 0 Å². The minimum atomic E-state index is -0.337. The Morgan fingerprint density at radius 3 is 2.63 bits per heavy atom. The van der Waals surface area contributed by atoms with E-state index in [-0.39, 0.29) is 23.9 Å². The first-order valence-electron chi connectivity index (χ1n) is 6.63. The maximum atomic E-state index is 12.7. The molecule has 2 amide bonds. The summed E-state index contributed by atoms with van der Waals surface area (Å²) in [4.78, 5) is 11.6. The first-order valence-corrected chi connectivity index (χ1v) is 6.63. The number of carbonyl (C=O) groups is 1. The van der Waals surface area contributed by atoms with Crippen LogP contribution in [0.4, 0.5) is 14.9 Å². The number of halogens is 1. The van der Waals surface area contributed by atoms with Crippen molar-refractivity contribution in [3.05, 3.63) is 30.1 Å². The molecule has 1 aliphatic carbocycles. The fourth-order valence-electron chi connectivity index (χ4n) is 2.36. The summed E-state index contributed by atoms with van der Waals surface area (Å²) >= 11 is 0. The lowest BCUT2D eigenvalue weighted by atomic mass is 9.86. The molecule has 5 heteroatoms. The van der Waals surface area contributed by atoms with Crippen LogP contribution in [0, 0.1) is 11.7 Å². The van der Waals surface area contributed by atoms with Crippen molar-refractivity contribution >= 4 is 11.7 Å². The number of aliphatic hydroxyl groups excluding tert-OH is 1. The van der Waals surface area contributed by atoms with Gasteiger partial charge in [0.15, 0.2) is 0 Å². The molecule has 2 unspecified atom stereocenters. The lowest BCUT2D eigenvalue weighted by Gasteiger charge is -2.27. The fraction of sp³-hybridized carbons (Fsp3) is 0.500. The fourth-order valence-corrected chi connectivity index (χ4v) is 2.36. The zero-order valence-corrected chi connectivity index (χ0v) is 10.7. The molecule has 0 aromatic heterocycles. The summed E-state index contributed by atoms with van der Waals surface area (Å²) in [6.45, 7) is 0.466. The zero-order valence-electron chi connectivity index (χ0n) is 10.7. The Morgan fingerprint density at radius 2 is 1.95 bits per heavy atom. The Labute approximate surface area is 112 Å². The summed E-state index contributed by atoms with van der Waals surface area (Å²) in [6.07, 6.45) is 3.59. The van der Waals surface area contributed by atoms with Crippen molar-refractivity contribution in [2.24, 2.45) is 5.92 Å². The smallest absolute Gasteiger partial charge is 0.319 e. The molecule has 1 aromatic carbocycles. The summed E-state index contributed by atoms with van der Waals surface area (Å²) < 4.78 is 12.7. The molecule has 3 N–H and O–H groups in total. The summed E-state index contributed by atoms with van der Waals surface area (Å²) in [5.74, 6) is -0.205. The molecule has 104 valence electrons. The lowest BCUT2D eigenvalue weighted by molar-refractivity contribution is 0.0712. The number of amides is 2. The van der Waals surface area contributed by atoms with Crippen molar-refractivity contribution < 1.29 is 14.3 Å². The molecule has 19 heavy (non-hydrogen) atoms. The second-order valence-corrected chi connectivity index (χ2v) is 4.95. The predicted molar refractivity (Wildman–Crippen MR) is 71.4 cm³/mol. The van der Waals surface area contributed by atoms with Gasteiger partial charge >= 0.3 is 6.03 Å². The minimum absolute atomic E-state index is 0.132.